The molecule has 0 radical (unpaired) electrons. The van der Waals surface area contributed by atoms with E-state index in [0.29, 0.717) is 5.56 Å². The van der Waals surface area contributed by atoms with Gasteiger partial charge in [-0.15, -0.1) is 0 Å². The van der Waals surface area contributed by atoms with E-state index in [9.17, 15) is 9.50 Å². The number of halogens is 2. The molecule has 1 aromatic carbocycles. The van der Waals surface area contributed by atoms with Gasteiger partial charge in [0.15, 0.2) is 11.6 Å². The topological polar surface area (TPSA) is 61.7 Å². The van der Waals surface area contributed by atoms with Gasteiger partial charge < -0.3 is 15.1 Å². The summed E-state index contributed by atoms with van der Waals surface area (Å²) >= 11 is 2.99. The van der Waals surface area contributed by atoms with Crippen LogP contribution in [0.15, 0.2) is 10.5 Å². The third-order valence-electron chi connectivity index (χ3n) is 1.70. The maximum atomic E-state index is 13.0. The summed E-state index contributed by atoms with van der Waals surface area (Å²) in [7, 11) is 1.39. The van der Waals surface area contributed by atoms with Gasteiger partial charge in [0, 0.05) is 12.1 Å². The molecule has 0 amide bonds. The Morgan fingerprint density at radius 2 is 2.29 bits per heavy atom. The van der Waals surface area contributed by atoms with Crippen LogP contribution < -0.4 is 10.2 Å². The maximum Gasteiger partial charge on any atom is 0.169 e. The Balaban J connectivity index is 3.28. The van der Waals surface area contributed by atoms with Gasteiger partial charge in [-0.1, -0.05) is 0 Å². The van der Waals surface area contributed by atoms with Crippen LogP contribution in [0.25, 0.3) is 0 Å². The summed E-state index contributed by atoms with van der Waals surface area (Å²) in [5.74, 6) is -1.00. The molecule has 0 bridgehead atoms. The first-order chi connectivity index (χ1) is 6.61. The first kappa shape index (κ1) is 11.2. The first-order valence-electron chi connectivity index (χ1n) is 3.72. The number of benzene rings is 1. The lowest BCUT2D eigenvalue weighted by molar-refractivity contribution is 0.160. The van der Waals surface area contributed by atoms with Crippen LogP contribution in [0.4, 0.5) is 4.39 Å². The molecule has 14 heavy (non-hydrogen) atoms. The Morgan fingerprint density at radius 3 is 2.79 bits per heavy atom. The molecule has 0 atom stereocenters. The molecule has 0 aliphatic rings. The van der Waals surface area contributed by atoms with Gasteiger partial charge in [0.25, 0.3) is 0 Å². The lowest BCUT2D eigenvalue weighted by Gasteiger charge is -2.11. The van der Waals surface area contributed by atoms with E-state index >= 15 is 0 Å². The summed E-state index contributed by atoms with van der Waals surface area (Å²) < 4.78 is 18.1. The van der Waals surface area contributed by atoms with E-state index < -0.39 is 11.6 Å². The summed E-state index contributed by atoms with van der Waals surface area (Å²) in [5.41, 5.74) is 2.28. The zero-order chi connectivity index (χ0) is 10.7. The SMILES string of the molecule is COc1c(CNO)cc(F)c(O)c1Br. The van der Waals surface area contributed by atoms with Crippen LogP contribution in [0.3, 0.4) is 0 Å². The minimum atomic E-state index is -0.775. The van der Waals surface area contributed by atoms with E-state index in [1.165, 1.54) is 7.11 Å². The van der Waals surface area contributed by atoms with E-state index in [1.807, 2.05) is 5.48 Å². The van der Waals surface area contributed by atoms with E-state index in [-0.39, 0.29) is 16.8 Å². The van der Waals surface area contributed by atoms with Gasteiger partial charge in [-0.2, -0.15) is 0 Å². The molecule has 0 aliphatic heterocycles. The molecule has 0 aromatic heterocycles. The van der Waals surface area contributed by atoms with Crippen molar-refractivity contribution in [2.24, 2.45) is 0 Å². The highest BCUT2D eigenvalue weighted by Gasteiger charge is 2.16. The number of nitrogens with one attached hydrogen (secondary N) is 1. The molecule has 0 fully saturated rings. The van der Waals surface area contributed by atoms with E-state index in [0.717, 1.165) is 6.07 Å². The highest BCUT2D eigenvalue weighted by Crippen LogP contribution is 2.38. The molecule has 1 aromatic rings. The molecule has 1 rings (SSSR count). The van der Waals surface area contributed by atoms with Crippen molar-refractivity contribution in [1.82, 2.24) is 5.48 Å². The zero-order valence-corrected chi connectivity index (χ0v) is 8.93. The number of rotatable bonds is 3. The number of hydroxylamine groups is 1. The summed E-state index contributed by atoms with van der Waals surface area (Å²) in [4.78, 5) is 0. The Morgan fingerprint density at radius 1 is 1.64 bits per heavy atom. The Bertz CT molecular complexity index is 346. The summed E-state index contributed by atoms with van der Waals surface area (Å²) in [6.45, 7) is 0.0268. The van der Waals surface area contributed by atoms with E-state index in [2.05, 4.69) is 15.9 Å². The van der Waals surface area contributed by atoms with E-state index in [4.69, 9.17) is 9.94 Å². The van der Waals surface area contributed by atoms with Crippen molar-refractivity contribution in [1.29, 1.82) is 0 Å². The standard InChI is InChI=1S/C8H9BrFNO3/c1-14-8-4(3-11-13)2-5(10)7(12)6(8)9/h2,11-13H,3H2,1H3. The quantitative estimate of drug-likeness (QED) is 0.730. The van der Waals surface area contributed by atoms with Crippen molar-refractivity contribution < 1.29 is 19.4 Å². The molecular formula is C8H9BrFNO3. The Kier molecular flexibility index (Phi) is 3.68. The fourth-order valence-corrected chi connectivity index (χ4v) is 1.68. The minimum Gasteiger partial charge on any atom is -0.504 e. The van der Waals surface area contributed by atoms with Gasteiger partial charge >= 0.3 is 0 Å². The lowest BCUT2D eigenvalue weighted by atomic mass is 10.2. The van der Waals surface area contributed by atoms with Gasteiger partial charge in [-0.25, -0.2) is 9.87 Å². The number of ether oxygens (including phenoxy) is 1. The molecule has 0 unspecified atom stereocenters. The van der Waals surface area contributed by atoms with Crippen LogP contribution in [-0.2, 0) is 6.54 Å². The number of phenols is 1. The van der Waals surface area contributed by atoms with Crippen LogP contribution in [0.1, 0.15) is 5.56 Å². The van der Waals surface area contributed by atoms with Crippen molar-refractivity contribution in [2.45, 2.75) is 6.54 Å². The van der Waals surface area contributed by atoms with Crippen LogP contribution >= 0.6 is 15.9 Å². The minimum absolute atomic E-state index is 0.0268. The fourth-order valence-electron chi connectivity index (χ4n) is 1.08. The van der Waals surface area contributed by atoms with Crippen LogP contribution in [0.5, 0.6) is 11.5 Å². The number of phenolic OH excluding ortho intramolecular Hbond substituents is 1. The predicted molar refractivity (Wildman–Crippen MR) is 50.9 cm³/mol. The summed E-state index contributed by atoms with van der Waals surface area (Å²) in [5, 5.41) is 17.7. The van der Waals surface area contributed by atoms with Crippen LogP contribution in [-0.4, -0.2) is 17.4 Å². The lowest BCUT2D eigenvalue weighted by Crippen LogP contribution is -2.08. The smallest absolute Gasteiger partial charge is 0.169 e. The van der Waals surface area contributed by atoms with Crippen LogP contribution in [0, 0.1) is 5.82 Å². The summed E-state index contributed by atoms with van der Waals surface area (Å²) in [6, 6.07) is 1.09. The van der Waals surface area contributed by atoms with Gasteiger partial charge in [-0.05, 0) is 22.0 Å². The largest absolute Gasteiger partial charge is 0.504 e. The van der Waals surface area contributed by atoms with Crippen molar-refractivity contribution in [3.05, 3.63) is 21.9 Å². The number of aromatic hydroxyl groups is 1. The molecule has 6 heteroatoms. The van der Waals surface area contributed by atoms with Crippen molar-refractivity contribution in [3.8, 4) is 11.5 Å². The third kappa shape index (κ3) is 1.97. The Labute approximate surface area is 88.4 Å². The van der Waals surface area contributed by atoms with Gasteiger partial charge in [0.05, 0.1) is 7.11 Å². The number of methoxy groups -OCH3 is 1. The van der Waals surface area contributed by atoms with Gasteiger partial charge in [0.2, 0.25) is 0 Å². The van der Waals surface area contributed by atoms with Crippen molar-refractivity contribution in [3.63, 3.8) is 0 Å². The molecule has 0 saturated heterocycles. The normalized spacial score (nSPS) is 10.3. The first-order valence-corrected chi connectivity index (χ1v) is 4.52. The summed E-state index contributed by atoms with van der Waals surface area (Å²) in [6.07, 6.45) is 0. The second kappa shape index (κ2) is 4.59. The van der Waals surface area contributed by atoms with E-state index in [1.54, 1.807) is 0 Å². The molecule has 0 saturated carbocycles. The molecule has 78 valence electrons. The molecule has 4 nitrogen and oxygen atoms in total. The van der Waals surface area contributed by atoms with Gasteiger partial charge in [0.1, 0.15) is 10.2 Å². The van der Waals surface area contributed by atoms with Gasteiger partial charge in [-0.3, -0.25) is 0 Å². The van der Waals surface area contributed by atoms with Crippen molar-refractivity contribution >= 4 is 15.9 Å². The highest BCUT2D eigenvalue weighted by molar-refractivity contribution is 9.10. The predicted octanol–water partition coefficient (Wildman–Crippen LogP) is 1.78. The fraction of sp³-hybridized carbons (Fsp3) is 0.250. The number of hydrogen-bond donors (Lipinski definition) is 3. The second-order valence-electron chi connectivity index (χ2n) is 2.55. The molecule has 0 aliphatic carbocycles. The molecule has 0 heterocycles. The third-order valence-corrected chi connectivity index (χ3v) is 2.44. The molecule has 0 spiro atoms. The van der Waals surface area contributed by atoms with Crippen molar-refractivity contribution in [2.75, 3.05) is 7.11 Å². The number of hydrogen-bond acceptors (Lipinski definition) is 4. The maximum absolute atomic E-state index is 13.0. The zero-order valence-electron chi connectivity index (χ0n) is 7.34. The molecule has 3 N–H and O–H groups in total. The Hall–Kier alpha value is -0.850. The highest BCUT2D eigenvalue weighted by atomic mass is 79.9. The molecular weight excluding hydrogens is 257 g/mol. The monoisotopic (exact) mass is 265 g/mol. The second-order valence-corrected chi connectivity index (χ2v) is 3.34. The average Bonchev–Trinajstić information content (AvgIpc) is 2.16. The average molecular weight is 266 g/mol. The van der Waals surface area contributed by atoms with Crippen LogP contribution in [0.2, 0.25) is 0 Å².